The van der Waals surface area contributed by atoms with Gasteiger partial charge in [0.25, 0.3) is 0 Å². The van der Waals surface area contributed by atoms with Crippen LogP contribution in [0.25, 0.3) is 10.9 Å². The van der Waals surface area contributed by atoms with E-state index in [0.29, 0.717) is 55.5 Å². The minimum absolute atomic E-state index is 0.0102. The number of nitrogens with two attached hydrogens (primary N) is 5. The van der Waals surface area contributed by atoms with Crippen molar-refractivity contribution < 1.29 is 43.2 Å². The zero-order valence-electron chi connectivity index (χ0n) is 49.5. The lowest BCUT2D eigenvalue weighted by molar-refractivity contribution is -0.148. The quantitative estimate of drug-likeness (QED) is 0.0176. The number of carbonyl (C=O) groups excluding carboxylic acids is 9. The molecule has 466 valence electrons. The molecule has 0 radical (unpaired) electrons. The number of nitrogens with zero attached hydrogens (tertiary/aromatic N) is 3. The van der Waals surface area contributed by atoms with E-state index in [2.05, 4.69) is 41.9 Å². The lowest BCUT2D eigenvalue weighted by Gasteiger charge is -2.34. The highest BCUT2D eigenvalue weighted by molar-refractivity contribution is 7.98. The molecule has 4 aromatic rings. The molecule has 9 atom stereocenters. The van der Waals surface area contributed by atoms with Gasteiger partial charge in [-0.1, -0.05) is 92.7 Å². The normalized spacial score (nSPS) is 17.3. The van der Waals surface area contributed by atoms with Gasteiger partial charge in [0, 0.05) is 56.0 Å². The van der Waals surface area contributed by atoms with E-state index in [1.165, 1.54) is 21.6 Å². The summed E-state index contributed by atoms with van der Waals surface area (Å²) in [5.41, 5.74) is 31.5. The van der Waals surface area contributed by atoms with E-state index >= 15 is 4.79 Å². The number of likely N-dealkylation sites (tertiary alicyclic amines) is 2. The van der Waals surface area contributed by atoms with E-state index in [9.17, 15) is 38.4 Å². The summed E-state index contributed by atoms with van der Waals surface area (Å²) in [4.78, 5) is 138. The predicted octanol–water partition coefficient (Wildman–Crippen LogP) is 0.491. The van der Waals surface area contributed by atoms with Crippen LogP contribution < -0.4 is 60.6 Å². The average Bonchev–Trinajstić information content (AvgIpc) is 4.19. The number of aliphatic imine (C=N–C) groups is 1. The molecule has 2 fully saturated rings. The summed E-state index contributed by atoms with van der Waals surface area (Å²) >= 11 is 1.44. The predicted molar refractivity (Wildman–Crippen MR) is 331 cm³/mol. The highest BCUT2D eigenvalue weighted by Crippen LogP contribution is 2.27. The lowest BCUT2D eigenvalue weighted by Crippen LogP contribution is -2.61. The van der Waals surface area contributed by atoms with Crippen molar-refractivity contribution in [2.75, 3.05) is 38.2 Å². The minimum atomic E-state index is -1.28. The molecule has 9 amide bonds. The molecule has 1 aromatic heterocycles. The molecular formula is C61H87N15O9S. The number of aromatic nitrogens is 1. The number of carbonyl (C=O) groups is 9. The van der Waals surface area contributed by atoms with Crippen LogP contribution in [-0.4, -0.2) is 166 Å². The Kier molecular flexibility index (Phi) is 26.2. The first-order valence-electron chi connectivity index (χ1n) is 29.6. The monoisotopic (exact) mass is 1210 g/mol. The van der Waals surface area contributed by atoms with Gasteiger partial charge in [-0.25, -0.2) is 0 Å². The summed E-state index contributed by atoms with van der Waals surface area (Å²) in [6, 6.07) is 15.6. The van der Waals surface area contributed by atoms with Crippen LogP contribution in [0.15, 0.2) is 96.1 Å². The zero-order valence-corrected chi connectivity index (χ0v) is 50.3. The number of H-pyrrole nitrogens is 1. The summed E-state index contributed by atoms with van der Waals surface area (Å²) in [6.45, 7) is 4.47. The van der Waals surface area contributed by atoms with E-state index in [4.69, 9.17) is 28.7 Å². The number of guanidine groups is 1. The number of hydrogen-bond donors (Lipinski definition) is 12. The fourth-order valence-corrected chi connectivity index (χ4v) is 11.4. The van der Waals surface area contributed by atoms with Crippen molar-refractivity contribution in [2.45, 2.75) is 152 Å². The van der Waals surface area contributed by atoms with Crippen molar-refractivity contribution in [2.24, 2.45) is 39.6 Å². The molecule has 3 heterocycles. The van der Waals surface area contributed by atoms with Gasteiger partial charge in [-0.15, -0.1) is 0 Å². The van der Waals surface area contributed by atoms with Crippen LogP contribution in [0, 0.1) is 5.92 Å². The van der Waals surface area contributed by atoms with Crippen LogP contribution >= 0.6 is 11.8 Å². The van der Waals surface area contributed by atoms with Crippen molar-refractivity contribution >= 4 is 81.8 Å². The third-order valence-corrected chi connectivity index (χ3v) is 16.2. The second-order valence-electron chi connectivity index (χ2n) is 22.4. The van der Waals surface area contributed by atoms with Crippen LogP contribution in [0.4, 0.5) is 0 Å². The smallest absolute Gasteiger partial charge is 0.246 e. The number of benzene rings is 3. The van der Waals surface area contributed by atoms with Crippen molar-refractivity contribution in [3.8, 4) is 0 Å². The number of unbranched alkanes of at least 4 members (excludes halogenated alkanes) is 1. The van der Waals surface area contributed by atoms with E-state index in [1.807, 2.05) is 54.8 Å². The molecule has 6 rings (SSSR count). The van der Waals surface area contributed by atoms with Gasteiger partial charge in [0.05, 0.1) is 6.04 Å². The molecular weight excluding hydrogens is 1120 g/mol. The third kappa shape index (κ3) is 19.5. The number of rotatable bonds is 33. The second-order valence-corrected chi connectivity index (χ2v) is 23.4. The number of primary amides is 1. The van der Waals surface area contributed by atoms with E-state index < -0.39 is 108 Å². The Balaban J connectivity index is 1.21. The van der Waals surface area contributed by atoms with E-state index in [0.717, 1.165) is 16.5 Å². The van der Waals surface area contributed by atoms with E-state index in [1.54, 1.807) is 56.4 Å². The first kappa shape index (κ1) is 67.1. The summed E-state index contributed by atoms with van der Waals surface area (Å²) in [5.74, 6) is -5.53. The number of fused-ring (bicyclic) bond motifs is 1. The van der Waals surface area contributed by atoms with Crippen LogP contribution in [0.3, 0.4) is 0 Å². The van der Waals surface area contributed by atoms with Gasteiger partial charge < -0.3 is 75.4 Å². The van der Waals surface area contributed by atoms with Crippen molar-refractivity contribution in [3.05, 3.63) is 108 Å². The Bertz CT molecular complexity index is 2960. The molecule has 2 aliphatic heterocycles. The SMILES string of the molecule is CSCC[C@H](NC(=O)[C@H](CCCCN)NC(=O)[C@@H](N)CCCN=C(N)N)C(=O)N[C@@H](Cc1ccccc1)C(=O)N[C@@H](Cc1ccccc1)C(=O)N1CCC[C@H]1C(=O)N1CCC[C@H]1C(=O)N[C@@H](Cc1c[nH]c2ccccc12)C(=O)N[C@H](C(N)=O)C(C)C. The van der Waals surface area contributed by atoms with E-state index in [-0.39, 0.29) is 82.9 Å². The first-order chi connectivity index (χ1) is 41.3. The molecule has 2 saturated heterocycles. The number of amides is 9. The Morgan fingerprint density at radius 1 is 0.616 bits per heavy atom. The van der Waals surface area contributed by atoms with Gasteiger partial charge in [0.2, 0.25) is 53.2 Å². The summed E-state index contributed by atoms with van der Waals surface area (Å²) < 4.78 is 0. The average molecular weight is 1210 g/mol. The largest absolute Gasteiger partial charge is 0.370 e. The standard InChI is InChI=1S/C61H87N15O9S/c1-37(2)51(52(64)77)74-57(82)47(35-40-36-68-43-23-11-10-21-41(40)43)72-58(83)49-25-15-30-75(49)60(85)50-26-16-31-76(50)59(84)48(34-39-19-8-5-9-20-39)73-56(81)46(33-38-17-6-4-7-18-38)71-55(80)45(27-32-86-3)70-54(79)44(24-12-13-28-62)69-53(78)42(63)22-14-29-67-61(65)66/h4-11,17-21,23,36-37,42,44-51,68H,12-16,22,24-35,62-63H2,1-3H3,(H2,64,77)(H,69,78)(H,70,79)(H,71,80)(H,72,83)(H,73,81)(H,74,82)(H4,65,66,67)/t42-,44-,45-,46-,47-,48-,49-,50-,51-/m0/s1. The fourth-order valence-electron chi connectivity index (χ4n) is 10.9. The molecule has 2 aliphatic rings. The number of aromatic amines is 1. The second kappa shape index (κ2) is 33.6. The zero-order chi connectivity index (χ0) is 62.3. The Hall–Kier alpha value is -8.03. The van der Waals surface area contributed by atoms with Crippen molar-refractivity contribution in [3.63, 3.8) is 0 Å². The topological polar surface area (TPSA) is 391 Å². The highest BCUT2D eigenvalue weighted by Gasteiger charge is 2.45. The van der Waals surface area contributed by atoms with Crippen LogP contribution in [0.5, 0.6) is 0 Å². The Morgan fingerprint density at radius 3 is 1.79 bits per heavy atom. The summed E-state index contributed by atoms with van der Waals surface area (Å²) in [5, 5.41) is 17.9. The van der Waals surface area contributed by atoms with Crippen molar-refractivity contribution in [1.82, 2.24) is 46.7 Å². The maximum absolute atomic E-state index is 15.2. The molecule has 25 heteroatoms. The Labute approximate surface area is 506 Å². The molecule has 17 N–H and O–H groups in total. The van der Waals surface area contributed by atoms with Crippen LogP contribution in [-0.2, 0) is 62.4 Å². The molecule has 0 spiro atoms. The minimum Gasteiger partial charge on any atom is -0.370 e. The number of thioether (sulfide) groups is 1. The molecule has 0 saturated carbocycles. The maximum Gasteiger partial charge on any atom is 0.246 e. The highest BCUT2D eigenvalue weighted by atomic mass is 32.2. The van der Waals surface area contributed by atoms with Gasteiger partial charge >= 0.3 is 0 Å². The van der Waals surface area contributed by atoms with Gasteiger partial charge in [-0.05, 0) is 111 Å². The van der Waals surface area contributed by atoms with Crippen LogP contribution in [0.2, 0.25) is 0 Å². The molecule has 0 unspecified atom stereocenters. The van der Waals surface area contributed by atoms with Crippen LogP contribution in [0.1, 0.15) is 94.7 Å². The number of para-hydroxylation sites is 1. The first-order valence-corrected chi connectivity index (χ1v) is 31.0. The molecule has 0 bridgehead atoms. The van der Waals surface area contributed by atoms with Gasteiger partial charge in [-0.3, -0.25) is 48.1 Å². The van der Waals surface area contributed by atoms with Gasteiger partial charge in [0.1, 0.15) is 48.3 Å². The molecule has 86 heavy (non-hydrogen) atoms. The number of nitrogens with one attached hydrogen (secondary N) is 7. The fraction of sp³-hybridized carbons (Fsp3) is 0.508. The lowest BCUT2D eigenvalue weighted by atomic mass is 10.0. The molecule has 24 nitrogen and oxygen atoms in total. The van der Waals surface area contributed by atoms with Crippen molar-refractivity contribution in [1.29, 1.82) is 0 Å². The van der Waals surface area contributed by atoms with Gasteiger partial charge in [0.15, 0.2) is 5.96 Å². The number of hydrogen-bond acceptors (Lipinski definition) is 13. The molecule has 0 aliphatic carbocycles. The summed E-state index contributed by atoms with van der Waals surface area (Å²) in [7, 11) is 0. The Morgan fingerprint density at radius 2 is 1.16 bits per heavy atom. The van der Waals surface area contributed by atoms with Gasteiger partial charge in [-0.2, -0.15) is 11.8 Å². The maximum atomic E-state index is 15.2. The summed E-state index contributed by atoms with van der Waals surface area (Å²) in [6.07, 6.45) is 7.18. The third-order valence-electron chi connectivity index (χ3n) is 15.6. The molecule has 3 aromatic carbocycles.